The summed E-state index contributed by atoms with van der Waals surface area (Å²) < 4.78 is 0. The molecule has 7 nitrogen and oxygen atoms in total. The summed E-state index contributed by atoms with van der Waals surface area (Å²) >= 11 is 5.88. The molecule has 0 saturated carbocycles. The second-order valence-corrected chi connectivity index (χ2v) is 7.96. The predicted octanol–water partition coefficient (Wildman–Crippen LogP) is 4.26. The standard InChI is InChI=1S/C24H21ClN6O/c25-17-8-9-21(27-15-17)29-24(32)20-16-28-23(19-6-2-1-5-18(19)20)31-13-11-30(12-14-31)22-7-3-4-10-26-22/h1-10,15-16H,11-14H2,(H,27,29,32). The Hall–Kier alpha value is -3.71. The summed E-state index contributed by atoms with van der Waals surface area (Å²) in [5.74, 6) is 2.07. The number of aromatic nitrogens is 3. The molecule has 0 bridgehead atoms. The molecule has 3 aromatic heterocycles. The van der Waals surface area contributed by atoms with E-state index in [1.165, 1.54) is 6.20 Å². The van der Waals surface area contributed by atoms with Crippen molar-refractivity contribution >= 4 is 45.7 Å². The van der Waals surface area contributed by atoms with E-state index in [0.717, 1.165) is 48.6 Å². The molecule has 0 radical (unpaired) electrons. The quantitative estimate of drug-likeness (QED) is 0.507. The van der Waals surface area contributed by atoms with Crippen molar-refractivity contribution < 1.29 is 4.79 Å². The van der Waals surface area contributed by atoms with Gasteiger partial charge in [0.05, 0.1) is 10.6 Å². The highest BCUT2D eigenvalue weighted by molar-refractivity contribution is 6.30. The van der Waals surface area contributed by atoms with Gasteiger partial charge in [-0.1, -0.05) is 41.9 Å². The SMILES string of the molecule is O=C(Nc1ccc(Cl)cn1)c1cnc(N2CCN(c3ccccn3)CC2)c2ccccc12. The van der Waals surface area contributed by atoms with Crippen molar-refractivity contribution in [2.24, 2.45) is 0 Å². The lowest BCUT2D eigenvalue weighted by atomic mass is 10.1. The molecule has 4 aromatic rings. The van der Waals surface area contributed by atoms with Crippen molar-refractivity contribution in [3.63, 3.8) is 0 Å². The number of benzene rings is 1. The van der Waals surface area contributed by atoms with Crippen LogP contribution >= 0.6 is 11.6 Å². The van der Waals surface area contributed by atoms with E-state index in [1.807, 2.05) is 48.7 Å². The fourth-order valence-corrected chi connectivity index (χ4v) is 4.04. The number of fused-ring (bicyclic) bond motifs is 1. The molecule has 1 aliphatic heterocycles. The van der Waals surface area contributed by atoms with Crippen molar-refractivity contribution in [3.8, 4) is 0 Å². The Morgan fingerprint density at radius 1 is 0.812 bits per heavy atom. The average Bonchev–Trinajstić information content (AvgIpc) is 2.85. The average molecular weight is 445 g/mol. The van der Waals surface area contributed by atoms with E-state index in [0.29, 0.717) is 16.4 Å². The summed E-state index contributed by atoms with van der Waals surface area (Å²) in [6.07, 6.45) is 4.97. The molecule has 1 amide bonds. The molecule has 0 aliphatic carbocycles. The molecular formula is C24H21ClN6O. The number of piperazine rings is 1. The van der Waals surface area contributed by atoms with Gasteiger partial charge in [-0.25, -0.2) is 15.0 Å². The number of amides is 1. The second-order valence-electron chi connectivity index (χ2n) is 7.52. The fourth-order valence-electron chi connectivity index (χ4n) is 3.93. The monoisotopic (exact) mass is 444 g/mol. The lowest BCUT2D eigenvalue weighted by Gasteiger charge is -2.36. The Morgan fingerprint density at radius 3 is 2.28 bits per heavy atom. The first-order valence-electron chi connectivity index (χ1n) is 10.4. The predicted molar refractivity (Wildman–Crippen MR) is 128 cm³/mol. The van der Waals surface area contributed by atoms with Gasteiger partial charge >= 0.3 is 0 Å². The maximum absolute atomic E-state index is 12.9. The van der Waals surface area contributed by atoms with Crippen LogP contribution in [0, 0.1) is 0 Å². The van der Waals surface area contributed by atoms with Gasteiger partial charge in [0.1, 0.15) is 17.5 Å². The molecule has 1 saturated heterocycles. The third-order valence-corrected chi connectivity index (χ3v) is 5.76. The van der Waals surface area contributed by atoms with Crippen LogP contribution in [0.5, 0.6) is 0 Å². The zero-order valence-electron chi connectivity index (χ0n) is 17.3. The van der Waals surface area contributed by atoms with Crippen molar-refractivity contribution in [1.82, 2.24) is 15.0 Å². The molecule has 160 valence electrons. The van der Waals surface area contributed by atoms with Gasteiger partial charge in [-0.05, 0) is 29.7 Å². The van der Waals surface area contributed by atoms with Crippen LogP contribution in [0.25, 0.3) is 10.8 Å². The van der Waals surface area contributed by atoms with Crippen LogP contribution in [0.3, 0.4) is 0 Å². The minimum atomic E-state index is -0.255. The summed E-state index contributed by atoms with van der Waals surface area (Å²) in [7, 11) is 0. The number of nitrogens with zero attached hydrogens (tertiary/aromatic N) is 5. The number of pyridine rings is 3. The Morgan fingerprint density at radius 2 is 1.56 bits per heavy atom. The summed E-state index contributed by atoms with van der Waals surface area (Å²) in [6.45, 7) is 3.37. The molecule has 5 rings (SSSR count). The second kappa shape index (κ2) is 8.80. The first-order valence-corrected chi connectivity index (χ1v) is 10.8. The minimum Gasteiger partial charge on any atom is -0.353 e. The van der Waals surface area contributed by atoms with E-state index in [-0.39, 0.29) is 5.91 Å². The van der Waals surface area contributed by atoms with Gasteiger partial charge in [0, 0.05) is 50.2 Å². The zero-order valence-corrected chi connectivity index (χ0v) is 18.0. The molecule has 1 fully saturated rings. The number of hydrogen-bond donors (Lipinski definition) is 1. The largest absolute Gasteiger partial charge is 0.353 e. The van der Waals surface area contributed by atoms with Crippen LogP contribution in [0.2, 0.25) is 5.02 Å². The van der Waals surface area contributed by atoms with Gasteiger partial charge < -0.3 is 15.1 Å². The molecule has 0 spiro atoms. The van der Waals surface area contributed by atoms with Gasteiger partial charge in [0.15, 0.2) is 0 Å². The van der Waals surface area contributed by atoms with Crippen molar-refractivity contribution in [1.29, 1.82) is 0 Å². The Bertz CT molecular complexity index is 1240. The molecular weight excluding hydrogens is 424 g/mol. The van der Waals surface area contributed by atoms with Gasteiger partial charge in [0.25, 0.3) is 5.91 Å². The number of halogens is 1. The maximum Gasteiger partial charge on any atom is 0.259 e. The van der Waals surface area contributed by atoms with Crippen molar-refractivity contribution in [2.75, 3.05) is 41.3 Å². The number of hydrogen-bond acceptors (Lipinski definition) is 6. The van der Waals surface area contributed by atoms with Gasteiger partial charge in [-0.2, -0.15) is 0 Å². The van der Waals surface area contributed by atoms with Gasteiger partial charge in [-0.3, -0.25) is 4.79 Å². The Balaban J connectivity index is 1.39. The summed E-state index contributed by atoms with van der Waals surface area (Å²) in [5.41, 5.74) is 0.508. The van der Waals surface area contributed by atoms with Crippen LogP contribution in [-0.4, -0.2) is 47.0 Å². The zero-order chi connectivity index (χ0) is 21.9. The van der Waals surface area contributed by atoms with E-state index in [4.69, 9.17) is 16.6 Å². The van der Waals surface area contributed by atoms with E-state index >= 15 is 0 Å². The van der Waals surface area contributed by atoms with E-state index in [1.54, 1.807) is 18.3 Å². The molecule has 1 N–H and O–H groups in total. The summed E-state index contributed by atoms with van der Waals surface area (Å²) in [6, 6.07) is 17.2. The smallest absolute Gasteiger partial charge is 0.259 e. The Kier molecular flexibility index (Phi) is 5.56. The van der Waals surface area contributed by atoms with Crippen LogP contribution in [0.1, 0.15) is 10.4 Å². The Labute approximate surface area is 190 Å². The highest BCUT2D eigenvalue weighted by Gasteiger charge is 2.22. The number of carbonyl (C=O) groups excluding carboxylic acids is 1. The molecule has 0 unspecified atom stereocenters. The van der Waals surface area contributed by atoms with E-state index < -0.39 is 0 Å². The van der Waals surface area contributed by atoms with Crippen LogP contribution in [0.15, 0.2) is 73.2 Å². The molecule has 32 heavy (non-hydrogen) atoms. The normalized spacial score (nSPS) is 13.9. The molecule has 1 aromatic carbocycles. The maximum atomic E-state index is 12.9. The lowest BCUT2D eigenvalue weighted by molar-refractivity contribution is 0.102. The molecule has 8 heteroatoms. The number of anilines is 3. The fraction of sp³-hybridized carbons (Fsp3) is 0.167. The topological polar surface area (TPSA) is 74.2 Å². The first kappa shape index (κ1) is 20.2. The number of carbonyl (C=O) groups is 1. The highest BCUT2D eigenvalue weighted by Crippen LogP contribution is 2.29. The lowest BCUT2D eigenvalue weighted by Crippen LogP contribution is -2.47. The summed E-state index contributed by atoms with van der Waals surface area (Å²) in [4.78, 5) is 30.8. The number of nitrogens with one attached hydrogen (secondary N) is 1. The molecule has 1 aliphatic rings. The third kappa shape index (κ3) is 4.07. The van der Waals surface area contributed by atoms with Crippen LogP contribution in [-0.2, 0) is 0 Å². The van der Waals surface area contributed by atoms with Crippen LogP contribution < -0.4 is 15.1 Å². The highest BCUT2D eigenvalue weighted by atomic mass is 35.5. The van der Waals surface area contributed by atoms with E-state index in [9.17, 15) is 4.79 Å². The third-order valence-electron chi connectivity index (χ3n) is 5.54. The number of rotatable bonds is 4. The van der Waals surface area contributed by atoms with Gasteiger partial charge in [-0.15, -0.1) is 0 Å². The van der Waals surface area contributed by atoms with Crippen molar-refractivity contribution in [3.05, 3.63) is 83.8 Å². The van der Waals surface area contributed by atoms with Gasteiger partial charge in [0.2, 0.25) is 0 Å². The molecule has 4 heterocycles. The first-order chi connectivity index (χ1) is 15.7. The van der Waals surface area contributed by atoms with Crippen molar-refractivity contribution in [2.45, 2.75) is 0 Å². The minimum absolute atomic E-state index is 0.255. The van der Waals surface area contributed by atoms with Crippen LogP contribution in [0.4, 0.5) is 17.5 Å². The summed E-state index contributed by atoms with van der Waals surface area (Å²) in [5, 5.41) is 5.15. The molecule has 0 atom stereocenters. The van der Waals surface area contributed by atoms with E-state index in [2.05, 4.69) is 25.1 Å².